The van der Waals surface area contributed by atoms with Gasteiger partial charge in [0.15, 0.2) is 0 Å². The van der Waals surface area contributed by atoms with Crippen LogP contribution in [0.1, 0.15) is 17.3 Å². The van der Waals surface area contributed by atoms with Crippen LogP contribution in [0.3, 0.4) is 0 Å². The van der Waals surface area contributed by atoms with E-state index < -0.39 is 0 Å². The molecule has 1 amide bonds. The van der Waals surface area contributed by atoms with Crippen molar-refractivity contribution in [2.75, 3.05) is 20.3 Å². The van der Waals surface area contributed by atoms with Gasteiger partial charge in [0.25, 0.3) is 11.5 Å². The van der Waals surface area contributed by atoms with Crippen molar-refractivity contribution in [2.24, 2.45) is 0 Å². The van der Waals surface area contributed by atoms with E-state index in [1.165, 1.54) is 16.7 Å². The van der Waals surface area contributed by atoms with Crippen molar-refractivity contribution < 1.29 is 9.53 Å². The molecule has 0 bridgehead atoms. The summed E-state index contributed by atoms with van der Waals surface area (Å²) in [4.78, 5) is 22.8. The van der Waals surface area contributed by atoms with Crippen LogP contribution in [-0.4, -0.2) is 30.7 Å². The number of carbonyl (C=O) groups is 1. The number of nitrogens with zero attached hydrogens (tertiary/aromatic N) is 1. The van der Waals surface area contributed by atoms with E-state index in [0.717, 1.165) is 0 Å². The van der Waals surface area contributed by atoms with Gasteiger partial charge < -0.3 is 14.6 Å². The molecule has 1 heterocycles. The number of carbonyl (C=O) groups excluding carboxylic acids is 1. The number of amides is 1. The third-order valence-corrected chi connectivity index (χ3v) is 2.15. The van der Waals surface area contributed by atoms with Gasteiger partial charge in [-0.15, -0.1) is 0 Å². The molecule has 0 aliphatic carbocycles. The first-order chi connectivity index (χ1) is 7.69. The fourth-order valence-electron chi connectivity index (χ4n) is 1.29. The Labute approximate surface area is 94.0 Å². The average molecular weight is 224 g/mol. The van der Waals surface area contributed by atoms with Crippen LogP contribution in [0.4, 0.5) is 0 Å². The molecule has 0 aliphatic heterocycles. The van der Waals surface area contributed by atoms with Gasteiger partial charge in [0.2, 0.25) is 0 Å². The summed E-state index contributed by atoms with van der Waals surface area (Å²) in [6.45, 7) is 3.43. The Morgan fingerprint density at radius 3 is 2.88 bits per heavy atom. The summed E-state index contributed by atoms with van der Waals surface area (Å²) < 4.78 is 6.63. The monoisotopic (exact) mass is 224 g/mol. The van der Waals surface area contributed by atoms with Crippen LogP contribution >= 0.6 is 0 Å². The zero-order valence-electron chi connectivity index (χ0n) is 9.53. The summed E-state index contributed by atoms with van der Waals surface area (Å²) in [5.74, 6) is -0.204. The second-order valence-electron chi connectivity index (χ2n) is 3.23. The van der Waals surface area contributed by atoms with Crippen molar-refractivity contribution in [3.05, 3.63) is 34.2 Å². The van der Waals surface area contributed by atoms with Gasteiger partial charge in [0.1, 0.15) is 0 Å². The first-order valence-corrected chi connectivity index (χ1v) is 5.19. The smallest absolute Gasteiger partial charge is 0.252 e. The molecule has 0 fully saturated rings. The first kappa shape index (κ1) is 12.4. The third kappa shape index (κ3) is 3.20. The molecule has 0 aromatic carbocycles. The van der Waals surface area contributed by atoms with E-state index in [1.807, 2.05) is 6.92 Å². The Kier molecular flexibility index (Phi) is 4.72. The summed E-state index contributed by atoms with van der Waals surface area (Å²) in [5, 5.41) is 2.51. The third-order valence-electron chi connectivity index (χ3n) is 2.15. The highest BCUT2D eigenvalue weighted by molar-refractivity contribution is 5.93. The SMILES string of the molecule is CCOCCn1cc(C(=O)NC)ccc1=O. The highest BCUT2D eigenvalue weighted by Gasteiger charge is 2.04. The van der Waals surface area contributed by atoms with Crippen molar-refractivity contribution in [3.8, 4) is 0 Å². The van der Waals surface area contributed by atoms with Crippen LogP contribution in [0.5, 0.6) is 0 Å². The highest BCUT2D eigenvalue weighted by atomic mass is 16.5. The van der Waals surface area contributed by atoms with Crippen molar-refractivity contribution >= 4 is 5.91 Å². The van der Waals surface area contributed by atoms with Crippen LogP contribution in [0.2, 0.25) is 0 Å². The minimum atomic E-state index is -0.204. The Bertz CT molecular complexity index is 412. The number of ether oxygens (including phenoxy) is 1. The number of hydrogen-bond donors (Lipinski definition) is 1. The summed E-state index contributed by atoms with van der Waals surface area (Å²) >= 11 is 0. The number of hydrogen-bond acceptors (Lipinski definition) is 3. The van der Waals surface area contributed by atoms with Gasteiger partial charge in [0.05, 0.1) is 12.2 Å². The van der Waals surface area contributed by atoms with Crippen LogP contribution in [-0.2, 0) is 11.3 Å². The molecular formula is C11H16N2O3. The number of pyridine rings is 1. The van der Waals surface area contributed by atoms with Gasteiger partial charge in [-0.2, -0.15) is 0 Å². The summed E-state index contributed by atoms with van der Waals surface area (Å²) in [6, 6.07) is 2.90. The Morgan fingerprint density at radius 2 is 2.25 bits per heavy atom. The minimum Gasteiger partial charge on any atom is -0.380 e. The number of nitrogens with one attached hydrogen (secondary N) is 1. The lowest BCUT2D eigenvalue weighted by atomic mass is 10.2. The normalized spacial score (nSPS) is 10.1. The maximum absolute atomic E-state index is 11.5. The van der Waals surface area contributed by atoms with E-state index in [0.29, 0.717) is 25.3 Å². The summed E-state index contributed by atoms with van der Waals surface area (Å²) in [6.07, 6.45) is 1.54. The predicted molar refractivity (Wildman–Crippen MR) is 60.6 cm³/mol. The van der Waals surface area contributed by atoms with E-state index in [9.17, 15) is 9.59 Å². The topological polar surface area (TPSA) is 60.3 Å². The molecule has 1 rings (SSSR count). The highest BCUT2D eigenvalue weighted by Crippen LogP contribution is 1.95. The lowest BCUT2D eigenvalue weighted by Crippen LogP contribution is -2.25. The van der Waals surface area contributed by atoms with Crippen molar-refractivity contribution in [3.63, 3.8) is 0 Å². The van der Waals surface area contributed by atoms with Crippen molar-refractivity contribution in [1.82, 2.24) is 9.88 Å². The second-order valence-corrected chi connectivity index (χ2v) is 3.23. The maximum atomic E-state index is 11.5. The first-order valence-electron chi connectivity index (χ1n) is 5.19. The standard InChI is InChI=1S/C11H16N2O3/c1-3-16-7-6-13-8-9(11(15)12-2)4-5-10(13)14/h4-5,8H,3,6-7H2,1-2H3,(H,12,15). The lowest BCUT2D eigenvalue weighted by molar-refractivity contribution is 0.0961. The average Bonchev–Trinajstić information content (AvgIpc) is 2.31. The number of aromatic nitrogens is 1. The minimum absolute atomic E-state index is 0.132. The fraction of sp³-hybridized carbons (Fsp3) is 0.455. The van der Waals surface area contributed by atoms with Gasteiger partial charge in [-0.05, 0) is 13.0 Å². The molecule has 1 aromatic heterocycles. The quantitative estimate of drug-likeness (QED) is 0.729. The molecule has 1 aromatic rings. The molecule has 1 N–H and O–H groups in total. The Morgan fingerprint density at radius 1 is 1.50 bits per heavy atom. The van der Waals surface area contributed by atoms with Gasteiger partial charge in [-0.3, -0.25) is 9.59 Å². The zero-order valence-corrected chi connectivity index (χ0v) is 9.53. The molecule has 0 saturated carbocycles. The molecule has 0 saturated heterocycles. The predicted octanol–water partition coefficient (Wildman–Crippen LogP) is 0.244. The van der Waals surface area contributed by atoms with Crippen molar-refractivity contribution in [2.45, 2.75) is 13.5 Å². The van der Waals surface area contributed by atoms with E-state index in [-0.39, 0.29) is 11.5 Å². The van der Waals surface area contributed by atoms with Crippen LogP contribution < -0.4 is 10.9 Å². The summed E-state index contributed by atoms with van der Waals surface area (Å²) in [7, 11) is 1.55. The van der Waals surface area contributed by atoms with Crippen molar-refractivity contribution in [1.29, 1.82) is 0 Å². The van der Waals surface area contributed by atoms with Gasteiger partial charge in [-0.25, -0.2) is 0 Å². The molecular weight excluding hydrogens is 208 g/mol. The molecule has 5 heteroatoms. The second kappa shape index (κ2) is 6.07. The Hall–Kier alpha value is -1.62. The van der Waals surface area contributed by atoms with E-state index in [2.05, 4.69) is 5.32 Å². The van der Waals surface area contributed by atoms with Gasteiger partial charge in [0, 0.05) is 32.5 Å². The largest absolute Gasteiger partial charge is 0.380 e. The number of rotatable bonds is 5. The molecule has 0 spiro atoms. The Balaban J connectivity index is 2.82. The molecule has 0 aliphatic rings. The van der Waals surface area contributed by atoms with E-state index >= 15 is 0 Å². The van der Waals surface area contributed by atoms with Crippen LogP contribution in [0, 0.1) is 0 Å². The van der Waals surface area contributed by atoms with E-state index in [1.54, 1.807) is 13.2 Å². The van der Waals surface area contributed by atoms with Gasteiger partial charge >= 0.3 is 0 Å². The van der Waals surface area contributed by atoms with E-state index in [4.69, 9.17) is 4.74 Å². The van der Waals surface area contributed by atoms with Gasteiger partial charge in [-0.1, -0.05) is 0 Å². The molecule has 0 unspecified atom stereocenters. The maximum Gasteiger partial charge on any atom is 0.252 e. The lowest BCUT2D eigenvalue weighted by Gasteiger charge is -2.07. The summed E-state index contributed by atoms with van der Waals surface area (Å²) in [5.41, 5.74) is 0.339. The van der Waals surface area contributed by atoms with Crippen LogP contribution in [0.15, 0.2) is 23.1 Å². The zero-order chi connectivity index (χ0) is 12.0. The molecule has 16 heavy (non-hydrogen) atoms. The fourth-order valence-corrected chi connectivity index (χ4v) is 1.29. The molecule has 5 nitrogen and oxygen atoms in total. The van der Waals surface area contributed by atoms with Crippen LogP contribution in [0.25, 0.3) is 0 Å². The molecule has 0 atom stereocenters. The molecule has 88 valence electrons. The molecule has 0 radical (unpaired) electrons.